The number of anilines is 1. The number of thiophene rings is 1. The molecule has 0 aliphatic heterocycles. The quantitative estimate of drug-likeness (QED) is 0.208. The third-order valence-electron chi connectivity index (χ3n) is 5.71. The number of benzene rings is 1. The van der Waals surface area contributed by atoms with Gasteiger partial charge in [-0.05, 0) is 61.9 Å². The Morgan fingerprint density at radius 1 is 1.31 bits per heavy atom. The lowest BCUT2D eigenvalue weighted by Crippen LogP contribution is -2.17. The Hall–Kier alpha value is -3.05. The second kappa shape index (κ2) is 10.7. The SMILES string of the molecule is CCOC(=O)c1c(NC(=O)/C(C#N)=C/c2ccc(-c3cccc(Cl)c3Cl)o2)sc2c1CC[C@@H](C)C2. The molecule has 1 amide bonds. The molecule has 9 heteroatoms. The predicted molar refractivity (Wildman–Crippen MR) is 138 cm³/mol. The van der Waals surface area contributed by atoms with Crippen molar-refractivity contribution in [2.24, 2.45) is 5.92 Å². The number of fused-ring (bicyclic) bond motifs is 1. The summed E-state index contributed by atoms with van der Waals surface area (Å²) in [6.07, 6.45) is 3.89. The third-order valence-corrected chi connectivity index (χ3v) is 7.70. The van der Waals surface area contributed by atoms with Gasteiger partial charge in [0.2, 0.25) is 0 Å². The Morgan fingerprint density at radius 2 is 2.11 bits per heavy atom. The van der Waals surface area contributed by atoms with Crippen LogP contribution in [0.5, 0.6) is 0 Å². The molecule has 1 aliphatic carbocycles. The van der Waals surface area contributed by atoms with E-state index in [1.54, 1.807) is 37.3 Å². The van der Waals surface area contributed by atoms with Gasteiger partial charge in [-0.1, -0.05) is 36.2 Å². The Labute approximate surface area is 217 Å². The van der Waals surface area contributed by atoms with Crippen molar-refractivity contribution in [2.75, 3.05) is 11.9 Å². The van der Waals surface area contributed by atoms with E-state index < -0.39 is 11.9 Å². The van der Waals surface area contributed by atoms with E-state index in [-0.39, 0.29) is 12.2 Å². The van der Waals surface area contributed by atoms with Crippen LogP contribution in [-0.4, -0.2) is 18.5 Å². The first-order valence-corrected chi connectivity index (χ1v) is 12.7. The van der Waals surface area contributed by atoms with Gasteiger partial charge in [0, 0.05) is 16.5 Å². The predicted octanol–water partition coefficient (Wildman–Crippen LogP) is 7.16. The van der Waals surface area contributed by atoms with E-state index in [9.17, 15) is 14.9 Å². The average Bonchev–Trinajstić information content (AvgIpc) is 3.43. The lowest BCUT2D eigenvalue weighted by Gasteiger charge is -2.18. The summed E-state index contributed by atoms with van der Waals surface area (Å²) in [4.78, 5) is 26.8. The number of amides is 1. The van der Waals surface area contributed by atoms with Crippen LogP contribution in [0.1, 0.15) is 46.8 Å². The van der Waals surface area contributed by atoms with Crippen molar-refractivity contribution in [3.05, 3.63) is 67.7 Å². The lowest BCUT2D eigenvalue weighted by atomic mass is 9.88. The van der Waals surface area contributed by atoms with Crippen LogP contribution in [-0.2, 0) is 22.4 Å². The third kappa shape index (κ3) is 5.30. The molecule has 1 atom stereocenters. The molecule has 3 aromatic rings. The highest BCUT2D eigenvalue weighted by Crippen LogP contribution is 2.40. The number of hydrogen-bond acceptors (Lipinski definition) is 6. The fourth-order valence-electron chi connectivity index (χ4n) is 3.99. The monoisotopic (exact) mass is 528 g/mol. The first-order valence-electron chi connectivity index (χ1n) is 11.1. The molecule has 0 unspecified atom stereocenters. The van der Waals surface area contributed by atoms with Crippen molar-refractivity contribution in [1.82, 2.24) is 0 Å². The van der Waals surface area contributed by atoms with Crippen LogP contribution in [0.3, 0.4) is 0 Å². The number of nitrogens with one attached hydrogen (secondary N) is 1. The van der Waals surface area contributed by atoms with Gasteiger partial charge in [0.25, 0.3) is 5.91 Å². The summed E-state index contributed by atoms with van der Waals surface area (Å²) in [7, 11) is 0. The molecular weight excluding hydrogens is 507 g/mol. The van der Waals surface area contributed by atoms with Crippen molar-refractivity contribution in [3.8, 4) is 17.4 Å². The normalized spacial score (nSPS) is 15.3. The highest BCUT2D eigenvalue weighted by molar-refractivity contribution is 7.17. The smallest absolute Gasteiger partial charge is 0.341 e. The van der Waals surface area contributed by atoms with Crippen LogP contribution in [0.15, 0.2) is 40.3 Å². The van der Waals surface area contributed by atoms with Gasteiger partial charge in [0.15, 0.2) is 0 Å². The lowest BCUT2D eigenvalue weighted by molar-refractivity contribution is -0.112. The Kier molecular flexibility index (Phi) is 7.66. The molecule has 4 rings (SSSR count). The number of halogens is 2. The summed E-state index contributed by atoms with van der Waals surface area (Å²) in [5.74, 6) is 0.143. The van der Waals surface area contributed by atoms with Gasteiger partial charge in [-0.15, -0.1) is 11.3 Å². The van der Waals surface area contributed by atoms with Crippen molar-refractivity contribution in [2.45, 2.75) is 33.1 Å². The largest absolute Gasteiger partial charge is 0.462 e. The van der Waals surface area contributed by atoms with Gasteiger partial charge in [-0.3, -0.25) is 4.79 Å². The van der Waals surface area contributed by atoms with Gasteiger partial charge in [-0.2, -0.15) is 5.26 Å². The molecule has 0 saturated carbocycles. The number of carbonyl (C=O) groups excluding carboxylic acids is 2. The summed E-state index contributed by atoms with van der Waals surface area (Å²) in [6.45, 7) is 4.13. The minimum absolute atomic E-state index is 0.169. The molecular formula is C26H22Cl2N2O4S. The fourth-order valence-corrected chi connectivity index (χ4v) is 5.78. The Bertz CT molecular complexity index is 1370. The van der Waals surface area contributed by atoms with E-state index in [0.717, 1.165) is 29.7 Å². The molecule has 1 N–H and O–H groups in total. The molecule has 0 saturated heterocycles. The summed E-state index contributed by atoms with van der Waals surface area (Å²) in [5, 5.41) is 13.5. The van der Waals surface area contributed by atoms with Gasteiger partial charge in [0.1, 0.15) is 28.2 Å². The molecule has 6 nitrogen and oxygen atoms in total. The standard InChI is InChI=1S/C26H22Cl2N2O4S/c1-3-33-26(32)22-18-9-7-14(2)11-21(18)35-25(22)30-24(31)15(13-29)12-16-8-10-20(34-16)17-5-4-6-19(27)23(17)28/h4-6,8,10,12,14H,3,7,9,11H2,1-2H3,(H,30,31)/b15-12+/t14-/m1/s1. The van der Waals surface area contributed by atoms with E-state index in [4.69, 9.17) is 32.4 Å². The van der Waals surface area contributed by atoms with Crippen molar-refractivity contribution in [1.29, 1.82) is 5.26 Å². The molecule has 1 aliphatic rings. The molecule has 35 heavy (non-hydrogen) atoms. The van der Waals surface area contributed by atoms with E-state index in [1.807, 2.05) is 6.07 Å². The minimum Gasteiger partial charge on any atom is -0.462 e. The number of esters is 1. The molecule has 0 fully saturated rings. The van der Waals surface area contributed by atoms with E-state index >= 15 is 0 Å². The number of ether oxygens (including phenoxy) is 1. The van der Waals surface area contributed by atoms with E-state index in [2.05, 4.69) is 12.2 Å². The summed E-state index contributed by atoms with van der Waals surface area (Å²) in [5.41, 5.74) is 1.75. The number of rotatable bonds is 6. The molecule has 180 valence electrons. The summed E-state index contributed by atoms with van der Waals surface area (Å²) in [6, 6.07) is 10.4. The maximum Gasteiger partial charge on any atom is 0.341 e. The van der Waals surface area contributed by atoms with Crippen LogP contribution in [0.4, 0.5) is 5.00 Å². The molecule has 0 spiro atoms. The molecule has 0 bridgehead atoms. The van der Waals surface area contributed by atoms with Gasteiger partial charge in [0.05, 0.1) is 22.2 Å². The number of carbonyl (C=O) groups is 2. The zero-order valence-electron chi connectivity index (χ0n) is 19.1. The number of hydrogen-bond donors (Lipinski definition) is 1. The minimum atomic E-state index is -0.636. The maximum atomic E-state index is 13.0. The fraction of sp³-hybridized carbons (Fsp3) is 0.269. The average molecular weight is 529 g/mol. The summed E-state index contributed by atoms with van der Waals surface area (Å²) < 4.78 is 11.0. The number of furan rings is 1. The highest BCUT2D eigenvalue weighted by atomic mass is 35.5. The Balaban J connectivity index is 1.61. The van der Waals surface area contributed by atoms with Gasteiger partial charge < -0.3 is 14.5 Å². The molecule has 2 aromatic heterocycles. The number of nitrogens with zero attached hydrogens (tertiary/aromatic N) is 1. The Morgan fingerprint density at radius 3 is 2.86 bits per heavy atom. The van der Waals surface area contributed by atoms with Crippen LogP contribution in [0.2, 0.25) is 10.0 Å². The molecule has 1 aromatic carbocycles. The van der Waals surface area contributed by atoms with E-state index in [1.165, 1.54) is 17.4 Å². The maximum absolute atomic E-state index is 13.0. The highest BCUT2D eigenvalue weighted by Gasteiger charge is 2.29. The number of nitriles is 1. The second-order valence-corrected chi connectivity index (χ2v) is 10.1. The van der Waals surface area contributed by atoms with E-state index in [0.29, 0.717) is 43.6 Å². The van der Waals surface area contributed by atoms with Crippen molar-refractivity contribution < 1.29 is 18.7 Å². The van der Waals surface area contributed by atoms with Crippen LogP contribution >= 0.6 is 34.5 Å². The topological polar surface area (TPSA) is 92.3 Å². The first-order chi connectivity index (χ1) is 16.8. The molecule has 2 heterocycles. The zero-order valence-corrected chi connectivity index (χ0v) is 21.4. The first kappa shape index (κ1) is 25.1. The molecule has 0 radical (unpaired) electrons. The second-order valence-electron chi connectivity index (χ2n) is 8.20. The summed E-state index contributed by atoms with van der Waals surface area (Å²) >= 11 is 13.7. The van der Waals surface area contributed by atoms with Gasteiger partial charge in [-0.25, -0.2) is 4.79 Å². The van der Waals surface area contributed by atoms with Crippen LogP contribution < -0.4 is 5.32 Å². The zero-order chi connectivity index (χ0) is 25.1. The van der Waals surface area contributed by atoms with Crippen LogP contribution in [0, 0.1) is 17.2 Å². The van der Waals surface area contributed by atoms with Crippen molar-refractivity contribution >= 4 is 57.5 Å². The van der Waals surface area contributed by atoms with Crippen LogP contribution in [0.25, 0.3) is 17.4 Å². The van der Waals surface area contributed by atoms with Crippen molar-refractivity contribution in [3.63, 3.8) is 0 Å². The van der Waals surface area contributed by atoms with Gasteiger partial charge >= 0.3 is 5.97 Å².